The first-order valence-electron chi connectivity index (χ1n) is 11.6. The quantitative estimate of drug-likeness (QED) is 0.464. The lowest BCUT2D eigenvalue weighted by Gasteiger charge is -2.19. The molecule has 0 saturated carbocycles. The summed E-state index contributed by atoms with van der Waals surface area (Å²) in [5.41, 5.74) is 4.27. The smallest absolute Gasteiger partial charge is 0.220 e. The number of hydrogen-bond donors (Lipinski definition) is 1. The number of ether oxygens (including phenoxy) is 1. The molecule has 1 atom stereocenters. The van der Waals surface area contributed by atoms with Crippen LogP contribution >= 0.6 is 11.6 Å². The number of rotatable bonds is 9. The molecule has 5 nitrogen and oxygen atoms in total. The molecule has 1 aliphatic heterocycles. The van der Waals surface area contributed by atoms with E-state index < -0.39 is 0 Å². The zero-order valence-corrected chi connectivity index (χ0v) is 20.1. The molecule has 174 valence electrons. The van der Waals surface area contributed by atoms with Gasteiger partial charge in [-0.1, -0.05) is 23.7 Å². The van der Waals surface area contributed by atoms with Crippen LogP contribution < -0.4 is 10.1 Å². The van der Waals surface area contributed by atoms with E-state index in [0.717, 1.165) is 47.9 Å². The van der Waals surface area contributed by atoms with Gasteiger partial charge >= 0.3 is 0 Å². The van der Waals surface area contributed by atoms with Gasteiger partial charge in [-0.25, -0.2) is 0 Å². The molecule has 1 fully saturated rings. The van der Waals surface area contributed by atoms with Crippen LogP contribution in [0.1, 0.15) is 31.4 Å². The number of carbonyl (C=O) groups is 1. The Kier molecular flexibility index (Phi) is 7.73. The third-order valence-electron chi connectivity index (χ3n) is 6.51. The Bertz CT molecular complexity index is 1060. The molecule has 1 saturated heterocycles. The summed E-state index contributed by atoms with van der Waals surface area (Å²) < 4.78 is 7.54. The number of aromatic nitrogens is 1. The van der Waals surface area contributed by atoms with E-state index >= 15 is 0 Å². The molecule has 2 aromatic carbocycles. The van der Waals surface area contributed by atoms with Crippen molar-refractivity contribution in [3.8, 4) is 22.7 Å². The van der Waals surface area contributed by atoms with Gasteiger partial charge in [-0.15, -0.1) is 0 Å². The number of halogens is 1. The van der Waals surface area contributed by atoms with E-state index in [4.69, 9.17) is 16.3 Å². The van der Waals surface area contributed by atoms with Crippen molar-refractivity contribution in [2.24, 2.45) is 0 Å². The molecule has 0 bridgehead atoms. The number of hydrogen-bond acceptors (Lipinski definition) is 3. The van der Waals surface area contributed by atoms with Gasteiger partial charge in [0.2, 0.25) is 5.91 Å². The highest BCUT2D eigenvalue weighted by molar-refractivity contribution is 6.30. The van der Waals surface area contributed by atoms with E-state index in [9.17, 15) is 4.79 Å². The van der Waals surface area contributed by atoms with E-state index in [-0.39, 0.29) is 5.91 Å². The van der Waals surface area contributed by atoms with Crippen LogP contribution in [0.15, 0.2) is 60.7 Å². The SMILES string of the molecule is COc1ccc(-n2c(CCC(=O)NCC[C@H]3CCCN3C)ccc2-c2ccc(Cl)cc2)cc1. The minimum Gasteiger partial charge on any atom is -0.497 e. The fourth-order valence-electron chi connectivity index (χ4n) is 4.61. The Morgan fingerprint density at radius 3 is 2.52 bits per heavy atom. The van der Waals surface area contributed by atoms with Crippen molar-refractivity contribution < 1.29 is 9.53 Å². The number of benzene rings is 2. The number of likely N-dealkylation sites (tertiary alicyclic amines) is 1. The highest BCUT2D eigenvalue weighted by Crippen LogP contribution is 2.29. The summed E-state index contributed by atoms with van der Waals surface area (Å²) in [6, 6.07) is 20.6. The van der Waals surface area contributed by atoms with Gasteiger partial charge < -0.3 is 19.5 Å². The molecular formula is C27H32ClN3O2. The molecule has 33 heavy (non-hydrogen) atoms. The van der Waals surface area contributed by atoms with Gasteiger partial charge in [0, 0.05) is 35.4 Å². The topological polar surface area (TPSA) is 46.5 Å². The van der Waals surface area contributed by atoms with Crippen molar-refractivity contribution >= 4 is 17.5 Å². The average Bonchev–Trinajstić information content (AvgIpc) is 3.44. The minimum absolute atomic E-state index is 0.103. The summed E-state index contributed by atoms with van der Waals surface area (Å²) >= 11 is 6.10. The maximum absolute atomic E-state index is 12.6. The number of nitrogens with zero attached hydrogens (tertiary/aromatic N) is 2. The maximum Gasteiger partial charge on any atom is 0.220 e. The van der Waals surface area contributed by atoms with Crippen molar-refractivity contribution in [3.63, 3.8) is 0 Å². The normalized spacial score (nSPS) is 16.2. The van der Waals surface area contributed by atoms with Gasteiger partial charge in [0.05, 0.1) is 12.8 Å². The van der Waals surface area contributed by atoms with Crippen molar-refractivity contribution in [1.82, 2.24) is 14.8 Å². The molecule has 3 aromatic rings. The third-order valence-corrected chi connectivity index (χ3v) is 6.76. The summed E-state index contributed by atoms with van der Waals surface area (Å²) in [5.74, 6) is 0.916. The van der Waals surface area contributed by atoms with Crippen LogP contribution in [0, 0.1) is 0 Å². The summed E-state index contributed by atoms with van der Waals surface area (Å²) in [7, 11) is 3.84. The summed E-state index contributed by atoms with van der Waals surface area (Å²) in [6.45, 7) is 1.90. The molecule has 1 aromatic heterocycles. The standard InChI is InChI=1S/C27H32ClN3O2/c1-30-19-3-4-22(30)17-18-29-27(32)16-12-24-11-15-26(20-5-7-21(28)8-6-20)31(24)23-9-13-25(33-2)14-10-23/h5-11,13-15,22H,3-4,12,16-19H2,1-2H3,(H,29,32)/t22-/m1/s1. The van der Waals surface area contributed by atoms with Crippen LogP contribution in [0.2, 0.25) is 5.02 Å². The van der Waals surface area contributed by atoms with Gasteiger partial charge in [0.1, 0.15) is 5.75 Å². The first kappa shape index (κ1) is 23.4. The van der Waals surface area contributed by atoms with Gasteiger partial charge in [-0.05, 0) is 93.4 Å². The fraction of sp³-hybridized carbons (Fsp3) is 0.370. The lowest BCUT2D eigenvalue weighted by atomic mass is 10.1. The van der Waals surface area contributed by atoms with Gasteiger partial charge in [-0.2, -0.15) is 0 Å². The van der Waals surface area contributed by atoms with Crippen molar-refractivity contribution in [2.75, 3.05) is 27.2 Å². The zero-order chi connectivity index (χ0) is 23.2. The number of amides is 1. The monoisotopic (exact) mass is 465 g/mol. The lowest BCUT2D eigenvalue weighted by Crippen LogP contribution is -2.31. The molecule has 2 heterocycles. The highest BCUT2D eigenvalue weighted by Gasteiger charge is 2.20. The molecule has 1 N–H and O–H groups in total. The van der Waals surface area contributed by atoms with Crippen molar-refractivity contribution in [2.45, 2.75) is 38.1 Å². The number of methoxy groups -OCH3 is 1. The number of aryl methyl sites for hydroxylation is 1. The predicted molar refractivity (Wildman–Crippen MR) is 134 cm³/mol. The van der Waals surface area contributed by atoms with Crippen LogP contribution in [0.25, 0.3) is 16.9 Å². The Morgan fingerprint density at radius 2 is 1.85 bits per heavy atom. The van der Waals surface area contributed by atoms with Crippen molar-refractivity contribution in [3.05, 3.63) is 71.4 Å². The lowest BCUT2D eigenvalue weighted by molar-refractivity contribution is -0.121. The Labute approximate surface area is 201 Å². The molecule has 0 aliphatic carbocycles. The van der Waals surface area contributed by atoms with E-state index in [2.05, 4.69) is 34.0 Å². The molecule has 0 spiro atoms. The van der Waals surface area contributed by atoms with Crippen molar-refractivity contribution in [1.29, 1.82) is 0 Å². The number of carbonyl (C=O) groups excluding carboxylic acids is 1. The second-order valence-corrected chi connectivity index (χ2v) is 9.10. The molecular weight excluding hydrogens is 434 g/mol. The molecule has 6 heteroatoms. The highest BCUT2D eigenvalue weighted by atomic mass is 35.5. The Hall–Kier alpha value is -2.76. The summed E-state index contributed by atoms with van der Waals surface area (Å²) in [6.07, 6.45) is 4.63. The third kappa shape index (κ3) is 5.79. The summed E-state index contributed by atoms with van der Waals surface area (Å²) in [4.78, 5) is 14.9. The molecule has 0 radical (unpaired) electrons. The van der Waals surface area contributed by atoms with Crippen LogP contribution in [-0.2, 0) is 11.2 Å². The van der Waals surface area contributed by atoms with Crippen LogP contribution in [0.3, 0.4) is 0 Å². The Morgan fingerprint density at radius 1 is 1.09 bits per heavy atom. The van der Waals surface area contributed by atoms with Gasteiger partial charge in [-0.3, -0.25) is 4.79 Å². The second kappa shape index (κ2) is 10.9. The van der Waals surface area contributed by atoms with E-state index in [1.165, 1.54) is 12.8 Å². The zero-order valence-electron chi connectivity index (χ0n) is 19.4. The second-order valence-electron chi connectivity index (χ2n) is 8.67. The molecule has 1 amide bonds. The fourth-order valence-corrected chi connectivity index (χ4v) is 4.73. The maximum atomic E-state index is 12.6. The van der Waals surface area contributed by atoms with E-state index in [1.54, 1.807) is 7.11 Å². The predicted octanol–water partition coefficient (Wildman–Crippen LogP) is 5.34. The summed E-state index contributed by atoms with van der Waals surface area (Å²) in [5, 5.41) is 3.82. The minimum atomic E-state index is 0.103. The average molecular weight is 466 g/mol. The van der Waals surface area contributed by atoms with Crippen LogP contribution in [0.5, 0.6) is 5.75 Å². The molecule has 0 unspecified atom stereocenters. The first-order valence-corrected chi connectivity index (χ1v) is 12.0. The van der Waals surface area contributed by atoms with E-state index in [1.807, 2.05) is 48.5 Å². The molecule has 1 aliphatic rings. The van der Waals surface area contributed by atoms with Gasteiger partial charge in [0.25, 0.3) is 0 Å². The Balaban J connectivity index is 1.47. The first-order chi connectivity index (χ1) is 16.0. The van der Waals surface area contributed by atoms with Gasteiger partial charge in [0.15, 0.2) is 0 Å². The van der Waals surface area contributed by atoms with Crippen LogP contribution in [-0.4, -0.2) is 48.7 Å². The largest absolute Gasteiger partial charge is 0.497 e. The van der Waals surface area contributed by atoms with Crippen LogP contribution in [0.4, 0.5) is 0 Å². The van der Waals surface area contributed by atoms with E-state index in [0.29, 0.717) is 23.9 Å². The number of nitrogens with one attached hydrogen (secondary N) is 1. The molecule has 4 rings (SSSR count).